The molecule has 53 heavy (non-hydrogen) atoms. The van der Waals surface area contributed by atoms with Crippen molar-refractivity contribution in [2.45, 2.75) is 74.7 Å². The number of nitrogens with one attached hydrogen (secondary N) is 1. The lowest BCUT2D eigenvalue weighted by atomic mass is 9.63. The second-order valence-corrected chi connectivity index (χ2v) is 19.5. The summed E-state index contributed by atoms with van der Waals surface area (Å²) in [6, 6.07) is 12.5. The van der Waals surface area contributed by atoms with E-state index in [0.717, 1.165) is 94.4 Å². The molecule has 2 aromatic rings. The lowest BCUT2D eigenvalue weighted by Gasteiger charge is -2.54. The number of carbonyl (C=O) groups is 1. The molecule has 2 aliphatic carbocycles. The molecule has 2 fully saturated rings. The van der Waals surface area contributed by atoms with Gasteiger partial charge in [0.2, 0.25) is 0 Å². The number of ether oxygens (including phenoxy) is 3. The van der Waals surface area contributed by atoms with Gasteiger partial charge in [0, 0.05) is 80.8 Å². The number of halogens is 1. The Balaban J connectivity index is 1.26. The molecule has 1 saturated carbocycles. The monoisotopic (exact) mass is 766 g/mol. The van der Waals surface area contributed by atoms with Crippen molar-refractivity contribution >= 4 is 38.8 Å². The normalized spacial score (nSPS) is 34.2. The van der Waals surface area contributed by atoms with E-state index in [1.807, 2.05) is 32.2 Å². The Bertz CT molecular complexity index is 1800. The smallest absolute Gasteiger partial charge is 0.262 e. The molecular weight excluding hydrogens is 708 g/mol. The van der Waals surface area contributed by atoms with Gasteiger partial charge in [-0.1, -0.05) is 36.7 Å². The largest absolute Gasteiger partial charge is 0.490 e. The average molecular weight is 767 g/mol. The van der Waals surface area contributed by atoms with Crippen LogP contribution in [-0.4, -0.2) is 116 Å². The average Bonchev–Trinajstić information content (AvgIpc) is 3.25. The number of amides is 1. The van der Waals surface area contributed by atoms with Crippen molar-refractivity contribution in [2.75, 3.05) is 78.6 Å². The van der Waals surface area contributed by atoms with Gasteiger partial charge in [0.25, 0.3) is 5.91 Å². The summed E-state index contributed by atoms with van der Waals surface area (Å²) < 4.78 is 35.7. The number of fused-ring (bicyclic) bond motifs is 4. The number of aryl methyl sites for hydroxylation is 1. The number of benzene rings is 2. The van der Waals surface area contributed by atoms with Crippen LogP contribution in [0.4, 0.5) is 5.69 Å². The molecule has 3 heterocycles. The van der Waals surface area contributed by atoms with Gasteiger partial charge in [0.05, 0.1) is 28.6 Å². The summed E-state index contributed by atoms with van der Waals surface area (Å²) in [4.78, 5) is 21.2. The topological polar surface area (TPSA) is 83.6 Å². The van der Waals surface area contributed by atoms with E-state index in [2.05, 4.69) is 63.5 Å². The number of carbonyl (C=O) groups excluding carboxylic acids is 1. The first-order chi connectivity index (χ1) is 25.4. The Morgan fingerprint density at radius 3 is 2.68 bits per heavy atom. The highest BCUT2D eigenvalue weighted by Crippen LogP contribution is 2.49. The van der Waals surface area contributed by atoms with Crippen molar-refractivity contribution in [1.82, 2.24) is 14.5 Å². The van der Waals surface area contributed by atoms with Crippen molar-refractivity contribution in [3.8, 4) is 5.75 Å². The molecule has 7 atom stereocenters. The van der Waals surface area contributed by atoms with Crippen LogP contribution in [0.5, 0.6) is 5.75 Å². The van der Waals surface area contributed by atoms with E-state index in [9.17, 15) is 9.00 Å². The van der Waals surface area contributed by atoms with Gasteiger partial charge >= 0.3 is 0 Å². The third-order valence-electron chi connectivity index (χ3n) is 13.4. The Hall–Kier alpha value is -2.60. The highest BCUT2D eigenvalue weighted by molar-refractivity contribution is 7.99. The van der Waals surface area contributed by atoms with Crippen molar-refractivity contribution in [1.29, 1.82) is 0 Å². The van der Waals surface area contributed by atoms with Crippen LogP contribution >= 0.6 is 11.6 Å². The summed E-state index contributed by atoms with van der Waals surface area (Å²) in [5.41, 5.74) is 3.28. The van der Waals surface area contributed by atoms with Crippen LogP contribution in [0.25, 0.3) is 0 Å². The van der Waals surface area contributed by atoms with Crippen molar-refractivity contribution in [3.05, 3.63) is 70.3 Å². The molecular formula is C42H59ClN4O5S. The first-order valence-electron chi connectivity index (χ1n) is 19.5. The molecule has 11 heteroatoms. The highest BCUT2D eigenvalue weighted by Gasteiger charge is 2.51. The Morgan fingerprint density at radius 2 is 1.94 bits per heavy atom. The maximum absolute atomic E-state index is 14.0. The second kappa shape index (κ2) is 15.5. The molecule has 3 aliphatic heterocycles. The van der Waals surface area contributed by atoms with Crippen molar-refractivity contribution in [2.24, 2.45) is 17.8 Å². The summed E-state index contributed by atoms with van der Waals surface area (Å²) in [6.07, 6.45) is 10.5. The Kier molecular flexibility index (Phi) is 11.3. The third-order valence-corrected chi connectivity index (χ3v) is 15.9. The summed E-state index contributed by atoms with van der Waals surface area (Å²) in [7, 11) is 2.87. The fourth-order valence-electron chi connectivity index (χ4n) is 9.62. The number of allylic oxidation sites excluding steroid dienone is 1. The highest BCUT2D eigenvalue weighted by atomic mass is 35.5. The molecule has 1 spiro atoms. The zero-order valence-corrected chi connectivity index (χ0v) is 33.9. The first kappa shape index (κ1) is 38.7. The van der Waals surface area contributed by atoms with E-state index in [4.69, 9.17) is 25.8 Å². The van der Waals surface area contributed by atoms with Crippen LogP contribution in [-0.2, 0) is 31.0 Å². The van der Waals surface area contributed by atoms with Gasteiger partial charge in [-0.2, -0.15) is 0 Å². The van der Waals surface area contributed by atoms with E-state index >= 15 is 0 Å². The zero-order chi connectivity index (χ0) is 37.5. The molecule has 1 N–H and O–H groups in total. The minimum Gasteiger partial charge on any atom is -0.490 e. The summed E-state index contributed by atoms with van der Waals surface area (Å²) >= 11 is 6.52. The van der Waals surface area contributed by atoms with Gasteiger partial charge in [-0.15, -0.1) is 0 Å². The van der Waals surface area contributed by atoms with E-state index in [1.165, 1.54) is 11.1 Å². The number of methoxy groups -OCH3 is 2. The molecule has 2 aromatic carbocycles. The van der Waals surface area contributed by atoms with Crippen molar-refractivity contribution in [3.63, 3.8) is 0 Å². The van der Waals surface area contributed by atoms with Crippen LogP contribution in [0.3, 0.4) is 0 Å². The Labute approximate surface area is 322 Å². The molecule has 0 aromatic heterocycles. The van der Waals surface area contributed by atoms with E-state index < -0.39 is 15.3 Å². The standard InChI is InChI=1S/C42H59ClN4O5S/c1-29-9-7-18-42(51-5,27-46-24-35(25-46)45(3)19-20-50-4)37-14-11-33(37)23-47-26-41(17-8-10-31-21-34(43)13-15-36(31)41)28-52-39-16-12-32(22-38(39)47)40(48)44-53(6,49)30(29)2/h7,12-13,15-16,18,21-22,29-30,33,35,37H,6,8-11,14,17,19-20,23-28H2,1-5H3,(H,44,48,49)/b18-7+/t29-,30+,33-,37+,41-,42+,53?/m0/s1. The van der Waals surface area contributed by atoms with E-state index in [0.29, 0.717) is 36.5 Å². The minimum atomic E-state index is -2.96. The fraction of sp³-hybridized carbons (Fsp3) is 0.619. The molecule has 7 rings (SSSR count). The molecule has 2 bridgehead atoms. The van der Waals surface area contributed by atoms with Gasteiger partial charge in [-0.25, -0.2) is 4.21 Å². The number of rotatable bonds is 7. The maximum Gasteiger partial charge on any atom is 0.262 e. The molecule has 5 aliphatic rings. The SMILES string of the molecule is C=S1(=O)NC(=O)c2ccc3c(c2)N(C[C@@H]2CC[C@H]2[C@@](CN2CC(N(C)CCOC)C2)(OC)/C=C/C[C@H](C)[C@H]1C)C[C@@]1(CCCc2cc(Cl)ccc21)CO3. The molecule has 1 saturated heterocycles. The predicted molar refractivity (Wildman–Crippen MR) is 216 cm³/mol. The summed E-state index contributed by atoms with van der Waals surface area (Å²) in [6.45, 7) is 10.6. The van der Waals surface area contributed by atoms with Crippen LogP contribution < -0.4 is 14.4 Å². The number of hydrogen-bond acceptors (Lipinski definition) is 8. The molecule has 1 unspecified atom stereocenters. The lowest BCUT2D eigenvalue weighted by Crippen LogP contribution is -2.64. The summed E-state index contributed by atoms with van der Waals surface area (Å²) in [5.74, 6) is 5.18. The van der Waals surface area contributed by atoms with Crippen LogP contribution in [0, 0.1) is 17.8 Å². The van der Waals surface area contributed by atoms with Crippen LogP contribution in [0.15, 0.2) is 48.6 Å². The van der Waals surface area contributed by atoms with Crippen molar-refractivity contribution < 1.29 is 23.2 Å². The number of hydrogen-bond donors (Lipinski definition) is 1. The van der Waals surface area contributed by atoms with Gasteiger partial charge in [-0.05, 0) is 118 Å². The number of anilines is 1. The first-order valence-corrected chi connectivity index (χ1v) is 21.7. The maximum atomic E-state index is 14.0. The second-order valence-electron chi connectivity index (χ2n) is 16.7. The van der Waals surface area contributed by atoms with Gasteiger partial charge in [-0.3, -0.25) is 19.3 Å². The third kappa shape index (κ3) is 7.66. The van der Waals surface area contributed by atoms with Gasteiger partial charge in [0.1, 0.15) is 11.4 Å². The summed E-state index contributed by atoms with van der Waals surface area (Å²) in [5, 5.41) is 0.429. The number of likely N-dealkylation sites (tertiary alicyclic amines) is 1. The van der Waals surface area contributed by atoms with Crippen LogP contribution in [0.1, 0.15) is 67.4 Å². The molecule has 1 amide bonds. The van der Waals surface area contributed by atoms with E-state index in [1.54, 1.807) is 13.2 Å². The van der Waals surface area contributed by atoms with Gasteiger partial charge in [0.15, 0.2) is 0 Å². The quantitative estimate of drug-likeness (QED) is 0.279. The number of likely N-dealkylation sites (N-methyl/N-ethyl adjacent to an activating group) is 1. The van der Waals surface area contributed by atoms with E-state index in [-0.39, 0.29) is 22.5 Å². The van der Waals surface area contributed by atoms with Crippen LogP contribution in [0.2, 0.25) is 5.02 Å². The minimum absolute atomic E-state index is 0.0272. The predicted octanol–water partition coefficient (Wildman–Crippen LogP) is 5.83. The zero-order valence-electron chi connectivity index (χ0n) is 32.3. The lowest BCUT2D eigenvalue weighted by molar-refractivity contribution is -0.108. The molecule has 290 valence electrons. The number of nitrogens with zero attached hydrogens (tertiary/aromatic N) is 3. The fourth-order valence-corrected chi connectivity index (χ4v) is 11.3. The molecule has 9 nitrogen and oxygen atoms in total. The van der Waals surface area contributed by atoms with Gasteiger partial charge < -0.3 is 19.1 Å². The molecule has 0 radical (unpaired) electrons. The Morgan fingerprint density at radius 1 is 1.13 bits per heavy atom.